The van der Waals surface area contributed by atoms with E-state index in [-0.39, 0.29) is 17.1 Å². The number of ether oxygens (including phenoxy) is 1. The van der Waals surface area contributed by atoms with E-state index in [1.165, 1.54) is 12.8 Å². The normalized spacial score (nSPS) is 18.1. The fraction of sp³-hybridized carbons (Fsp3) is 0.458. The Kier molecular flexibility index (Phi) is 4.69. The van der Waals surface area contributed by atoms with Crippen LogP contribution in [-0.4, -0.2) is 45.1 Å². The third-order valence-corrected chi connectivity index (χ3v) is 7.00. The number of aromatic nitrogens is 3. The van der Waals surface area contributed by atoms with E-state index in [0.717, 1.165) is 42.6 Å². The van der Waals surface area contributed by atoms with Crippen LogP contribution in [0, 0.1) is 26.6 Å². The van der Waals surface area contributed by atoms with Gasteiger partial charge in [0.05, 0.1) is 11.2 Å². The van der Waals surface area contributed by atoms with Crippen molar-refractivity contribution in [1.29, 1.82) is 0 Å². The highest BCUT2D eigenvalue weighted by atomic mass is 19.1. The summed E-state index contributed by atoms with van der Waals surface area (Å²) in [5, 5.41) is 0.621. The van der Waals surface area contributed by atoms with Crippen LogP contribution in [0.4, 0.5) is 4.39 Å². The molecule has 2 fully saturated rings. The Bertz CT molecular complexity index is 1120. The second-order valence-electron chi connectivity index (χ2n) is 8.73. The molecular formula is C24H27FN4O. The van der Waals surface area contributed by atoms with Crippen molar-refractivity contribution in [2.45, 2.75) is 52.0 Å². The average molecular weight is 407 g/mol. The Labute approximate surface area is 176 Å². The molecule has 6 heteroatoms. The van der Waals surface area contributed by atoms with Gasteiger partial charge in [-0.1, -0.05) is 18.2 Å². The number of halogens is 1. The Morgan fingerprint density at radius 2 is 1.87 bits per heavy atom. The number of fused-ring (bicyclic) bond motifs is 2. The lowest BCUT2D eigenvalue weighted by Crippen LogP contribution is -2.43. The van der Waals surface area contributed by atoms with Crippen LogP contribution in [0.5, 0.6) is 6.01 Å². The molecule has 5 rings (SSSR count). The summed E-state index contributed by atoms with van der Waals surface area (Å²) in [5.74, 6) is -0.418. The minimum atomic E-state index is -0.418. The lowest BCUT2D eigenvalue weighted by Gasteiger charge is -2.31. The molecule has 0 amide bonds. The number of nitrogens with zero attached hydrogens (tertiary/aromatic N) is 4. The standard InChI is InChI=1S/C24H27FN4O/c1-15-7-4-8-18(16(15)2)21-20(25)22-19(13-26-21)17(3)27-23(28-22)30-14-24-9-5-11-29(24)12-6-10-24/h4,7-8,13H,5-6,9-12,14H2,1-3H3. The zero-order valence-corrected chi connectivity index (χ0v) is 17.8. The molecule has 0 spiro atoms. The van der Waals surface area contributed by atoms with Gasteiger partial charge in [-0.25, -0.2) is 4.39 Å². The molecule has 2 aliphatic heterocycles. The largest absolute Gasteiger partial charge is 0.461 e. The van der Waals surface area contributed by atoms with Crippen LogP contribution < -0.4 is 4.74 Å². The Balaban J connectivity index is 1.52. The highest BCUT2D eigenvalue weighted by Gasteiger charge is 2.45. The van der Waals surface area contributed by atoms with Gasteiger partial charge in [0.2, 0.25) is 0 Å². The van der Waals surface area contributed by atoms with Gasteiger partial charge in [-0.3, -0.25) is 9.88 Å². The molecule has 2 aromatic heterocycles. The molecule has 0 atom stereocenters. The third-order valence-electron chi connectivity index (χ3n) is 7.00. The molecule has 0 unspecified atom stereocenters. The maximum absolute atomic E-state index is 15.6. The number of hydrogen-bond donors (Lipinski definition) is 0. The predicted octanol–water partition coefficient (Wildman–Crippen LogP) is 4.76. The number of hydrogen-bond acceptors (Lipinski definition) is 5. The fourth-order valence-electron chi connectivity index (χ4n) is 5.10. The summed E-state index contributed by atoms with van der Waals surface area (Å²) in [6, 6.07) is 6.10. The minimum Gasteiger partial charge on any atom is -0.461 e. The highest BCUT2D eigenvalue weighted by Crippen LogP contribution is 2.39. The van der Waals surface area contributed by atoms with Crippen LogP contribution in [0.2, 0.25) is 0 Å². The van der Waals surface area contributed by atoms with Crippen LogP contribution in [0.15, 0.2) is 24.4 Å². The Hall–Kier alpha value is -2.60. The second kappa shape index (κ2) is 7.27. The van der Waals surface area contributed by atoms with Crippen LogP contribution in [0.25, 0.3) is 22.2 Å². The molecule has 0 aliphatic carbocycles. The molecular weight excluding hydrogens is 379 g/mol. The topological polar surface area (TPSA) is 51.1 Å². The quantitative estimate of drug-likeness (QED) is 0.625. The average Bonchev–Trinajstić information content (AvgIpc) is 3.30. The molecule has 1 aromatic carbocycles. The van der Waals surface area contributed by atoms with Gasteiger partial charge >= 0.3 is 6.01 Å². The van der Waals surface area contributed by atoms with Crippen molar-refractivity contribution >= 4 is 10.9 Å². The third kappa shape index (κ3) is 3.05. The fourth-order valence-corrected chi connectivity index (χ4v) is 5.10. The number of aryl methyl sites for hydroxylation is 2. The highest BCUT2D eigenvalue weighted by molar-refractivity contribution is 5.85. The first-order valence-electron chi connectivity index (χ1n) is 10.8. The number of benzene rings is 1. The first-order chi connectivity index (χ1) is 14.5. The van der Waals surface area contributed by atoms with E-state index in [2.05, 4.69) is 19.9 Å². The number of rotatable bonds is 4. The molecule has 30 heavy (non-hydrogen) atoms. The summed E-state index contributed by atoms with van der Waals surface area (Å²) in [6.07, 6.45) is 6.38. The van der Waals surface area contributed by atoms with Gasteiger partial charge < -0.3 is 4.74 Å². The van der Waals surface area contributed by atoms with E-state index in [0.29, 0.717) is 23.4 Å². The van der Waals surface area contributed by atoms with Crippen molar-refractivity contribution < 1.29 is 9.13 Å². The van der Waals surface area contributed by atoms with Crippen molar-refractivity contribution in [2.24, 2.45) is 0 Å². The van der Waals surface area contributed by atoms with Crippen LogP contribution >= 0.6 is 0 Å². The van der Waals surface area contributed by atoms with Crippen molar-refractivity contribution in [3.8, 4) is 17.3 Å². The molecule has 2 aliphatic rings. The van der Waals surface area contributed by atoms with Gasteiger partial charge in [-0.05, 0) is 70.7 Å². The molecule has 3 aromatic rings. The molecule has 0 N–H and O–H groups in total. The van der Waals surface area contributed by atoms with Crippen molar-refractivity contribution in [1.82, 2.24) is 19.9 Å². The minimum absolute atomic E-state index is 0.104. The van der Waals surface area contributed by atoms with Crippen molar-refractivity contribution in [2.75, 3.05) is 19.7 Å². The van der Waals surface area contributed by atoms with E-state index in [4.69, 9.17) is 4.74 Å². The summed E-state index contributed by atoms with van der Waals surface area (Å²) in [7, 11) is 0. The zero-order valence-electron chi connectivity index (χ0n) is 17.8. The van der Waals surface area contributed by atoms with Gasteiger partial charge in [-0.15, -0.1) is 0 Å². The summed E-state index contributed by atoms with van der Waals surface area (Å²) in [6.45, 7) is 8.70. The number of pyridine rings is 1. The monoisotopic (exact) mass is 406 g/mol. The molecule has 0 saturated carbocycles. The maximum atomic E-state index is 15.6. The summed E-state index contributed by atoms with van der Waals surface area (Å²) in [4.78, 5) is 15.9. The van der Waals surface area contributed by atoms with E-state index < -0.39 is 5.82 Å². The van der Waals surface area contributed by atoms with Crippen LogP contribution in [0.1, 0.15) is 42.5 Å². The lowest BCUT2D eigenvalue weighted by atomic mass is 9.95. The van der Waals surface area contributed by atoms with Crippen LogP contribution in [-0.2, 0) is 0 Å². The second-order valence-corrected chi connectivity index (χ2v) is 8.73. The van der Waals surface area contributed by atoms with E-state index in [9.17, 15) is 0 Å². The SMILES string of the molecule is Cc1cccc(-c2ncc3c(C)nc(OCC45CCCN4CCC5)nc3c2F)c1C. The summed E-state index contributed by atoms with van der Waals surface area (Å²) >= 11 is 0. The van der Waals surface area contributed by atoms with E-state index in [1.807, 2.05) is 39.0 Å². The summed E-state index contributed by atoms with van der Waals surface area (Å²) in [5.41, 5.74) is 4.30. The summed E-state index contributed by atoms with van der Waals surface area (Å²) < 4.78 is 21.6. The molecule has 5 nitrogen and oxygen atoms in total. The molecule has 4 heterocycles. The first kappa shape index (κ1) is 19.4. The van der Waals surface area contributed by atoms with Crippen molar-refractivity contribution in [3.63, 3.8) is 0 Å². The lowest BCUT2D eigenvalue weighted by molar-refractivity contribution is 0.107. The van der Waals surface area contributed by atoms with Gasteiger partial charge in [0.25, 0.3) is 0 Å². The molecule has 0 bridgehead atoms. The van der Waals surface area contributed by atoms with Crippen LogP contribution in [0.3, 0.4) is 0 Å². The van der Waals surface area contributed by atoms with E-state index >= 15 is 4.39 Å². The predicted molar refractivity (Wildman–Crippen MR) is 115 cm³/mol. The Morgan fingerprint density at radius 1 is 1.10 bits per heavy atom. The molecule has 2 saturated heterocycles. The van der Waals surface area contributed by atoms with Gasteiger partial charge in [-0.2, -0.15) is 9.97 Å². The van der Waals surface area contributed by atoms with Gasteiger partial charge in [0.1, 0.15) is 17.8 Å². The van der Waals surface area contributed by atoms with Gasteiger partial charge in [0.15, 0.2) is 5.82 Å². The smallest absolute Gasteiger partial charge is 0.317 e. The van der Waals surface area contributed by atoms with Crippen molar-refractivity contribution in [3.05, 3.63) is 47.0 Å². The molecule has 156 valence electrons. The zero-order chi connectivity index (χ0) is 20.9. The maximum Gasteiger partial charge on any atom is 0.317 e. The Morgan fingerprint density at radius 3 is 2.63 bits per heavy atom. The van der Waals surface area contributed by atoms with Gasteiger partial charge in [0, 0.05) is 17.1 Å². The van der Waals surface area contributed by atoms with E-state index in [1.54, 1.807) is 6.20 Å². The molecule has 0 radical (unpaired) electrons. The first-order valence-corrected chi connectivity index (χ1v) is 10.8.